The summed E-state index contributed by atoms with van der Waals surface area (Å²) < 4.78 is 14.1. The van der Waals surface area contributed by atoms with Crippen LogP contribution in [0.3, 0.4) is 0 Å². The summed E-state index contributed by atoms with van der Waals surface area (Å²) in [5.41, 5.74) is 0.510. The molecule has 4 rings (SSSR count). The van der Waals surface area contributed by atoms with Gasteiger partial charge in [0.15, 0.2) is 11.2 Å². The third kappa shape index (κ3) is 3.96. The highest BCUT2D eigenvalue weighted by molar-refractivity contribution is 5.74. The molecule has 0 saturated carbocycles. The average Bonchev–Trinajstić information content (AvgIpc) is 3.11. The number of aryl methyl sites for hydroxylation is 2. The molecule has 1 saturated heterocycles. The summed E-state index contributed by atoms with van der Waals surface area (Å²) >= 11 is 0. The molecule has 2 N–H and O–H groups in total. The van der Waals surface area contributed by atoms with E-state index in [9.17, 15) is 14.7 Å². The van der Waals surface area contributed by atoms with E-state index < -0.39 is 17.4 Å². The van der Waals surface area contributed by atoms with Gasteiger partial charge in [0, 0.05) is 20.1 Å². The normalized spacial score (nSPS) is 15.5. The molecular formula is C20H25N5O5. The molecule has 10 heteroatoms. The van der Waals surface area contributed by atoms with Crippen molar-refractivity contribution in [2.24, 2.45) is 7.05 Å². The minimum Gasteiger partial charge on any atom is -0.491 e. The second-order valence-corrected chi connectivity index (χ2v) is 7.39. The number of nitrogens with one attached hydrogen (secondary N) is 1. The number of morpholine rings is 1. The first-order valence-electron chi connectivity index (χ1n) is 9.84. The average molecular weight is 415 g/mol. The first-order chi connectivity index (χ1) is 14.4. The van der Waals surface area contributed by atoms with Crippen LogP contribution in [-0.4, -0.2) is 63.2 Å². The smallest absolute Gasteiger partial charge is 0.329 e. The summed E-state index contributed by atoms with van der Waals surface area (Å²) in [5.74, 6) is 1.19. The predicted octanol–water partition coefficient (Wildman–Crippen LogP) is 0.00822. The zero-order chi connectivity index (χ0) is 21.3. The van der Waals surface area contributed by atoms with Crippen LogP contribution in [0.4, 0.5) is 5.95 Å². The Morgan fingerprint density at radius 2 is 2.07 bits per heavy atom. The van der Waals surface area contributed by atoms with E-state index in [0.717, 1.165) is 5.56 Å². The monoisotopic (exact) mass is 415 g/mol. The lowest BCUT2D eigenvalue weighted by Crippen LogP contribution is -2.39. The summed E-state index contributed by atoms with van der Waals surface area (Å²) in [4.78, 5) is 33.5. The van der Waals surface area contributed by atoms with Gasteiger partial charge in [-0.15, -0.1) is 0 Å². The van der Waals surface area contributed by atoms with E-state index in [0.29, 0.717) is 38.0 Å². The Labute approximate surface area is 172 Å². The second-order valence-electron chi connectivity index (χ2n) is 7.39. The van der Waals surface area contributed by atoms with Crippen molar-refractivity contribution in [1.29, 1.82) is 0 Å². The predicted molar refractivity (Wildman–Crippen MR) is 111 cm³/mol. The van der Waals surface area contributed by atoms with Gasteiger partial charge < -0.3 is 24.0 Å². The van der Waals surface area contributed by atoms with Crippen molar-refractivity contribution >= 4 is 17.1 Å². The molecule has 1 aromatic carbocycles. The molecule has 3 aromatic rings. The van der Waals surface area contributed by atoms with E-state index in [1.807, 2.05) is 36.1 Å². The number of aliphatic hydroxyl groups excluding tert-OH is 1. The van der Waals surface area contributed by atoms with Crippen LogP contribution in [0.5, 0.6) is 5.75 Å². The number of aliphatic hydroxyl groups is 1. The molecule has 160 valence electrons. The van der Waals surface area contributed by atoms with Crippen molar-refractivity contribution in [1.82, 2.24) is 19.1 Å². The van der Waals surface area contributed by atoms with Crippen molar-refractivity contribution in [2.45, 2.75) is 19.6 Å². The van der Waals surface area contributed by atoms with Gasteiger partial charge in [0.05, 0.1) is 19.8 Å². The van der Waals surface area contributed by atoms with Crippen molar-refractivity contribution in [3.05, 3.63) is 50.7 Å². The van der Waals surface area contributed by atoms with Crippen molar-refractivity contribution in [3.63, 3.8) is 0 Å². The first kappa shape index (κ1) is 20.2. The number of fused-ring (bicyclic) bond motifs is 1. The number of hydrogen-bond acceptors (Lipinski definition) is 7. The van der Waals surface area contributed by atoms with Crippen LogP contribution < -0.4 is 20.9 Å². The molecular weight excluding hydrogens is 390 g/mol. The summed E-state index contributed by atoms with van der Waals surface area (Å²) in [7, 11) is 1.55. The molecule has 0 aliphatic carbocycles. The molecule has 1 aliphatic heterocycles. The Hall–Kier alpha value is -3.11. The van der Waals surface area contributed by atoms with Gasteiger partial charge in [-0.05, 0) is 24.6 Å². The Balaban J connectivity index is 1.66. The fourth-order valence-electron chi connectivity index (χ4n) is 3.56. The number of hydrogen-bond donors (Lipinski definition) is 2. The van der Waals surface area contributed by atoms with Crippen LogP contribution in [0.15, 0.2) is 33.9 Å². The van der Waals surface area contributed by atoms with E-state index in [1.165, 1.54) is 4.57 Å². The summed E-state index contributed by atoms with van der Waals surface area (Å²) in [6.07, 6.45) is -0.890. The first-order valence-corrected chi connectivity index (χ1v) is 9.84. The number of rotatable bonds is 6. The van der Waals surface area contributed by atoms with Crippen LogP contribution in [0, 0.1) is 6.92 Å². The number of aromatic nitrogens is 4. The van der Waals surface area contributed by atoms with Gasteiger partial charge >= 0.3 is 5.69 Å². The van der Waals surface area contributed by atoms with Gasteiger partial charge in [0.1, 0.15) is 18.5 Å². The van der Waals surface area contributed by atoms with Crippen molar-refractivity contribution < 1.29 is 14.6 Å². The molecule has 0 bridgehead atoms. The number of anilines is 1. The summed E-state index contributed by atoms with van der Waals surface area (Å²) in [5, 5.41) is 10.7. The Morgan fingerprint density at radius 1 is 1.30 bits per heavy atom. The topological polar surface area (TPSA) is 115 Å². The van der Waals surface area contributed by atoms with E-state index in [1.54, 1.807) is 11.6 Å². The van der Waals surface area contributed by atoms with Gasteiger partial charge in [-0.1, -0.05) is 12.1 Å². The molecule has 10 nitrogen and oxygen atoms in total. The molecule has 1 fully saturated rings. The van der Waals surface area contributed by atoms with Crippen molar-refractivity contribution in [3.8, 4) is 5.75 Å². The zero-order valence-corrected chi connectivity index (χ0v) is 17.0. The summed E-state index contributed by atoms with van der Waals surface area (Å²) in [6, 6.07) is 7.56. The number of ether oxygens (including phenoxy) is 2. The van der Waals surface area contributed by atoms with E-state index in [2.05, 4.69) is 9.97 Å². The minimum absolute atomic E-state index is 0.0509. The molecule has 1 unspecified atom stereocenters. The molecule has 30 heavy (non-hydrogen) atoms. The maximum Gasteiger partial charge on any atom is 0.329 e. The van der Waals surface area contributed by atoms with Gasteiger partial charge in [-0.3, -0.25) is 14.3 Å². The van der Waals surface area contributed by atoms with Gasteiger partial charge in [-0.2, -0.15) is 4.98 Å². The Morgan fingerprint density at radius 3 is 2.80 bits per heavy atom. The van der Waals surface area contributed by atoms with E-state index in [-0.39, 0.29) is 24.3 Å². The Bertz CT molecular complexity index is 1160. The van der Waals surface area contributed by atoms with Crippen LogP contribution in [-0.2, 0) is 18.3 Å². The molecule has 0 amide bonds. The van der Waals surface area contributed by atoms with Gasteiger partial charge in [-0.25, -0.2) is 4.79 Å². The fraction of sp³-hybridized carbons (Fsp3) is 0.450. The van der Waals surface area contributed by atoms with E-state index >= 15 is 0 Å². The standard InChI is InChI=1S/C20H25N5O5/c1-13-4-3-5-15(10-13)30-12-14(26)11-25-16-17(23(2)20(28)22-18(16)27)21-19(25)24-6-8-29-9-7-24/h3-5,10,14,26H,6-9,11-12H2,1-2H3,(H,22,27,28). The molecule has 3 heterocycles. The lowest BCUT2D eigenvalue weighted by atomic mass is 10.2. The number of aromatic amines is 1. The lowest BCUT2D eigenvalue weighted by molar-refractivity contribution is 0.0927. The second kappa shape index (κ2) is 8.33. The fourth-order valence-corrected chi connectivity index (χ4v) is 3.56. The third-order valence-corrected chi connectivity index (χ3v) is 5.11. The highest BCUT2D eigenvalue weighted by Gasteiger charge is 2.24. The number of nitrogens with zero attached hydrogens (tertiary/aromatic N) is 4. The maximum absolute atomic E-state index is 12.6. The molecule has 1 atom stereocenters. The minimum atomic E-state index is -0.890. The highest BCUT2D eigenvalue weighted by Crippen LogP contribution is 2.21. The highest BCUT2D eigenvalue weighted by atomic mass is 16.5. The SMILES string of the molecule is Cc1cccc(OCC(O)Cn2c(N3CCOCC3)nc3c2c(=O)[nH]c(=O)n3C)c1. The van der Waals surface area contributed by atoms with Crippen LogP contribution in [0.25, 0.3) is 11.2 Å². The summed E-state index contributed by atoms with van der Waals surface area (Å²) in [6.45, 7) is 4.39. The maximum atomic E-state index is 12.6. The van der Waals surface area contributed by atoms with Crippen LogP contribution >= 0.6 is 0 Å². The van der Waals surface area contributed by atoms with Gasteiger partial charge in [0.25, 0.3) is 5.56 Å². The number of imidazole rings is 1. The van der Waals surface area contributed by atoms with Crippen LogP contribution in [0.1, 0.15) is 5.56 Å². The molecule has 2 aromatic heterocycles. The quantitative estimate of drug-likeness (QED) is 0.583. The van der Waals surface area contributed by atoms with Crippen LogP contribution in [0.2, 0.25) is 0 Å². The third-order valence-electron chi connectivity index (χ3n) is 5.11. The Kier molecular flexibility index (Phi) is 5.60. The molecule has 0 spiro atoms. The lowest BCUT2D eigenvalue weighted by Gasteiger charge is -2.28. The van der Waals surface area contributed by atoms with Crippen molar-refractivity contribution in [2.75, 3.05) is 37.8 Å². The molecule has 1 aliphatic rings. The largest absolute Gasteiger partial charge is 0.491 e. The molecule has 0 radical (unpaired) electrons. The zero-order valence-electron chi connectivity index (χ0n) is 17.0. The van der Waals surface area contributed by atoms with E-state index in [4.69, 9.17) is 9.47 Å². The number of benzene rings is 1. The van der Waals surface area contributed by atoms with Gasteiger partial charge in [0.2, 0.25) is 5.95 Å². The number of H-pyrrole nitrogens is 1.